The van der Waals surface area contributed by atoms with Gasteiger partial charge in [0.15, 0.2) is 0 Å². The average molecular weight is 397 g/mol. The maximum absolute atomic E-state index is 12.3. The van der Waals surface area contributed by atoms with Crippen molar-refractivity contribution < 1.29 is 18.0 Å². The van der Waals surface area contributed by atoms with Crippen LogP contribution in [0.15, 0.2) is 21.5 Å². The van der Waals surface area contributed by atoms with Gasteiger partial charge in [-0.25, -0.2) is 8.42 Å². The zero-order valence-electron chi connectivity index (χ0n) is 10.5. The molecule has 21 heavy (non-hydrogen) atoms. The van der Waals surface area contributed by atoms with Crippen LogP contribution in [-0.4, -0.2) is 26.3 Å². The Hall–Kier alpha value is -1.16. The highest BCUT2D eigenvalue weighted by molar-refractivity contribution is 9.10. The van der Waals surface area contributed by atoms with Crippen molar-refractivity contribution in [1.82, 2.24) is 10.0 Å². The van der Waals surface area contributed by atoms with Crippen LogP contribution in [0.1, 0.15) is 12.8 Å². The summed E-state index contributed by atoms with van der Waals surface area (Å²) in [5.74, 6) is -1.11. The molecule has 10 heteroatoms. The first-order valence-electron chi connectivity index (χ1n) is 5.81. The molecular weight excluding hydrogens is 386 g/mol. The Kier molecular flexibility index (Phi) is 4.57. The molecule has 7 nitrogen and oxygen atoms in total. The average Bonchev–Trinajstić information content (AvgIpc) is 2.37. The molecular formula is C11H11BrClN3O4S. The molecule has 0 aliphatic carbocycles. The van der Waals surface area contributed by atoms with E-state index < -0.39 is 27.9 Å². The van der Waals surface area contributed by atoms with E-state index in [-0.39, 0.29) is 32.9 Å². The largest absolute Gasteiger partial charge is 0.398 e. The van der Waals surface area contributed by atoms with Crippen LogP contribution in [0.4, 0.5) is 5.69 Å². The van der Waals surface area contributed by atoms with Gasteiger partial charge in [0.2, 0.25) is 21.8 Å². The summed E-state index contributed by atoms with van der Waals surface area (Å²) in [6, 6.07) is 1.60. The van der Waals surface area contributed by atoms with Crippen LogP contribution in [0, 0.1) is 0 Å². The van der Waals surface area contributed by atoms with Crippen LogP contribution in [-0.2, 0) is 19.6 Å². The number of halogens is 2. The van der Waals surface area contributed by atoms with Crippen molar-refractivity contribution in [2.75, 3.05) is 5.73 Å². The fraction of sp³-hybridized carbons (Fsp3) is 0.273. The van der Waals surface area contributed by atoms with Crippen LogP contribution in [0.5, 0.6) is 0 Å². The third-order valence-corrected chi connectivity index (χ3v) is 5.72. The van der Waals surface area contributed by atoms with Gasteiger partial charge in [-0.2, -0.15) is 4.72 Å². The molecule has 0 saturated carbocycles. The van der Waals surface area contributed by atoms with E-state index >= 15 is 0 Å². The number of amides is 2. The Morgan fingerprint density at radius 1 is 1.38 bits per heavy atom. The van der Waals surface area contributed by atoms with E-state index in [4.69, 9.17) is 17.3 Å². The summed E-state index contributed by atoms with van der Waals surface area (Å²) in [7, 11) is -4.02. The maximum Gasteiger partial charge on any atom is 0.244 e. The lowest BCUT2D eigenvalue weighted by atomic mass is 10.1. The monoisotopic (exact) mass is 395 g/mol. The second-order valence-electron chi connectivity index (χ2n) is 4.43. The highest BCUT2D eigenvalue weighted by Crippen LogP contribution is 2.31. The summed E-state index contributed by atoms with van der Waals surface area (Å²) in [6.45, 7) is 0. The van der Waals surface area contributed by atoms with E-state index in [9.17, 15) is 18.0 Å². The highest BCUT2D eigenvalue weighted by Gasteiger charge is 2.32. The highest BCUT2D eigenvalue weighted by atomic mass is 79.9. The molecule has 1 aromatic rings. The number of piperidine rings is 1. The van der Waals surface area contributed by atoms with Crippen molar-refractivity contribution in [3.05, 3.63) is 21.6 Å². The van der Waals surface area contributed by atoms with Crippen LogP contribution < -0.4 is 15.8 Å². The van der Waals surface area contributed by atoms with E-state index in [0.29, 0.717) is 0 Å². The second kappa shape index (κ2) is 5.91. The smallest absolute Gasteiger partial charge is 0.244 e. The topological polar surface area (TPSA) is 118 Å². The molecule has 1 saturated heterocycles. The minimum atomic E-state index is -4.02. The number of carbonyl (C=O) groups excluding carboxylic acids is 2. The molecule has 1 atom stereocenters. The molecule has 1 heterocycles. The number of hydrogen-bond donors (Lipinski definition) is 3. The van der Waals surface area contributed by atoms with Gasteiger partial charge in [-0.1, -0.05) is 11.6 Å². The number of carbonyl (C=O) groups is 2. The van der Waals surface area contributed by atoms with Crippen molar-refractivity contribution in [3.8, 4) is 0 Å². The number of nitrogens with one attached hydrogen (secondary N) is 2. The molecule has 114 valence electrons. The minimum absolute atomic E-state index is 0.0672. The SMILES string of the molecule is Nc1cc(Cl)cc(S(=O)(=O)NC2CCC(=O)NC2=O)c1Br. The van der Waals surface area contributed by atoms with Crippen molar-refractivity contribution in [2.24, 2.45) is 0 Å². The van der Waals surface area contributed by atoms with Gasteiger partial charge < -0.3 is 5.73 Å². The van der Waals surface area contributed by atoms with E-state index in [0.717, 1.165) is 0 Å². The number of anilines is 1. The summed E-state index contributed by atoms with van der Waals surface area (Å²) < 4.78 is 27.1. The summed E-state index contributed by atoms with van der Waals surface area (Å²) in [4.78, 5) is 22.5. The third kappa shape index (κ3) is 3.54. The Labute approximate surface area is 134 Å². The number of hydrogen-bond acceptors (Lipinski definition) is 5. The lowest BCUT2D eigenvalue weighted by Gasteiger charge is -2.22. The molecule has 0 bridgehead atoms. The number of nitrogens with two attached hydrogens (primary N) is 1. The number of nitrogen functional groups attached to an aromatic ring is 1. The van der Waals surface area contributed by atoms with Crippen molar-refractivity contribution in [2.45, 2.75) is 23.8 Å². The standard InChI is InChI=1S/C11H11BrClN3O4S/c12-10-6(14)3-5(13)4-8(10)21(19,20)16-7-1-2-9(17)15-11(7)18/h3-4,7,16H,1-2,14H2,(H,15,17,18). The van der Waals surface area contributed by atoms with Crippen LogP contribution in [0.2, 0.25) is 5.02 Å². The van der Waals surface area contributed by atoms with Crippen molar-refractivity contribution in [3.63, 3.8) is 0 Å². The number of rotatable bonds is 3. The van der Waals surface area contributed by atoms with Crippen molar-refractivity contribution in [1.29, 1.82) is 0 Å². The molecule has 1 fully saturated rings. The predicted octanol–water partition coefficient (Wildman–Crippen LogP) is 0.768. The zero-order chi connectivity index (χ0) is 15.8. The summed E-state index contributed by atoms with van der Waals surface area (Å²) >= 11 is 8.88. The van der Waals surface area contributed by atoms with Gasteiger partial charge in [0, 0.05) is 17.1 Å². The van der Waals surface area contributed by atoms with E-state index in [2.05, 4.69) is 26.0 Å². The van der Waals surface area contributed by atoms with E-state index in [1.54, 1.807) is 0 Å². The lowest BCUT2D eigenvalue weighted by Crippen LogP contribution is -2.52. The fourth-order valence-corrected chi connectivity index (χ4v) is 4.36. The lowest BCUT2D eigenvalue weighted by molar-refractivity contribution is -0.134. The molecule has 2 amide bonds. The predicted molar refractivity (Wildman–Crippen MR) is 80.1 cm³/mol. The van der Waals surface area contributed by atoms with Crippen molar-refractivity contribution >= 4 is 55.1 Å². The number of sulfonamides is 1. The summed E-state index contributed by atoms with van der Waals surface area (Å²) in [5, 5.41) is 2.23. The maximum atomic E-state index is 12.3. The van der Waals surface area contributed by atoms with Gasteiger partial charge in [0.25, 0.3) is 0 Å². The van der Waals surface area contributed by atoms with Gasteiger partial charge in [-0.15, -0.1) is 0 Å². The van der Waals surface area contributed by atoms with Crippen LogP contribution >= 0.6 is 27.5 Å². The normalized spacial score (nSPS) is 19.4. The molecule has 2 rings (SSSR count). The molecule has 0 radical (unpaired) electrons. The Bertz CT molecular complexity index is 722. The molecule has 1 aliphatic heterocycles. The first-order chi connectivity index (χ1) is 9.70. The summed E-state index contributed by atoms with van der Waals surface area (Å²) in [6.07, 6.45) is 0.162. The molecule has 1 aliphatic rings. The Balaban J connectivity index is 2.31. The van der Waals surface area contributed by atoms with E-state index in [1.807, 2.05) is 0 Å². The van der Waals surface area contributed by atoms with Crippen LogP contribution in [0.25, 0.3) is 0 Å². The molecule has 0 spiro atoms. The summed E-state index contributed by atoms with van der Waals surface area (Å²) in [5.41, 5.74) is 5.81. The van der Waals surface area contributed by atoms with Gasteiger partial charge in [-0.3, -0.25) is 14.9 Å². The van der Waals surface area contributed by atoms with E-state index in [1.165, 1.54) is 12.1 Å². The van der Waals surface area contributed by atoms with Gasteiger partial charge in [0.1, 0.15) is 6.04 Å². The van der Waals surface area contributed by atoms with Gasteiger partial charge in [-0.05, 0) is 34.5 Å². The first kappa shape index (κ1) is 16.2. The third-order valence-electron chi connectivity index (χ3n) is 2.86. The quantitative estimate of drug-likeness (QED) is 0.515. The molecule has 4 N–H and O–H groups in total. The number of imide groups is 1. The van der Waals surface area contributed by atoms with Gasteiger partial charge >= 0.3 is 0 Å². The van der Waals surface area contributed by atoms with Crippen LogP contribution in [0.3, 0.4) is 0 Å². The molecule has 1 unspecified atom stereocenters. The zero-order valence-corrected chi connectivity index (χ0v) is 13.7. The van der Waals surface area contributed by atoms with Gasteiger partial charge in [0.05, 0.1) is 9.37 Å². The fourth-order valence-electron chi connectivity index (χ4n) is 1.84. The minimum Gasteiger partial charge on any atom is -0.398 e. The first-order valence-corrected chi connectivity index (χ1v) is 8.46. The number of benzene rings is 1. The molecule has 0 aromatic heterocycles. The molecule has 1 aromatic carbocycles. The Morgan fingerprint density at radius 2 is 2.05 bits per heavy atom. The Morgan fingerprint density at radius 3 is 2.67 bits per heavy atom. The second-order valence-corrected chi connectivity index (χ2v) is 7.34.